The van der Waals surface area contributed by atoms with Crippen molar-refractivity contribution in [2.75, 3.05) is 26.7 Å². The van der Waals surface area contributed by atoms with Gasteiger partial charge in [0.2, 0.25) is 5.91 Å². The smallest absolute Gasteiger partial charge is 0.227 e. The van der Waals surface area contributed by atoms with Crippen molar-refractivity contribution in [2.45, 2.75) is 50.5 Å². The van der Waals surface area contributed by atoms with E-state index in [0.717, 1.165) is 49.5 Å². The summed E-state index contributed by atoms with van der Waals surface area (Å²) in [5.74, 6) is 0.238. The van der Waals surface area contributed by atoms with Gasteiger partial charge in [-0.25, -0.2) is 0 Å². The van der Waals surface area contributed by atoms with Gasteiger partial charge in [-0.05, 0) is 80.9 Å². The van der Waals surface area contributed by atoms with E-state index in [-0.39, 0.29) is 12.0 Å². The van der Waals surface area contributed by atoms with Crippen LogP contribution in [0.2, 0.25) is 5.02 Å². The number of piperidine rings is 1. The number of amides is 1. The van der Waals surface area contributed by atoms with Crippen molar-refractivity contribution in [2.24, 2.45) is 5.73 Å². The number of methoxy groups -OCH3 is 1. The second-order valence-electron chi connectivity index (χ2n) is 8.80. The van der Waals surface area contributed by atoms with E-state index in [9.17, 15) is 4.79 Å². The fourth-order valence-corrected chi connectivity index (χ4v) is 4.34. The van der Waals surface area contributed by atoms with E-state index in [2.05, 4.69) is 23.1 Å². The number of carbonyl (C=O) groups is 1. The number of carbonyl (C=O) groups excluding carboxylic acids is 1. The van der Waals surface area contributed by atoms with Crippen LogP contribution in [-0.4, -0.2) is 37.6 Å². The Balaban J connectivity index is 1.55. The topological polar surface area (TPSA) is 55.6 Å². The number of ether oxygens (including phenoxy) is 1. The SMILES string of the molecule is COC(CCN1CCC(c2cccc(C(C)(C)C(N)=O)c2)CC1)c1ccc(Cl)cc1. The van der Waals surface area contributed by atoms with E-state index in [1.165, 1.54) is 11.1 Å². The molecule has 0 saturated carbocycles. The maximum absolute atomic E-state index is 11.8. The molecule has 1 aliphatic heterocycles. The van der Waals surface area contributed by atoms with Gasteiger partial charge in [0.15, 0.2) is 0 Å². The van der Waals surface area contributed by atoms with Crippen LogP contribution in [0.1, 0.15) is 61.8 Å². The van der Waals surface area contributed by atoms with E-state index in [0.29, 0.717) is 5.92 Å². The Kier molecular flexibility index (Phi) is 7.56. The molecule has 0 aromatic heterocycles. The predicted octanol–water partition coefficient (Wildman–Crippen LogP) is 5.06. The van der Waals surface area contributed by atoms with Crippen molar-refractivity contribution >= 4 is 17.5 Å². The largest absolute Gasteiger partial charge is 0.377 e. The minimum absolute atomic E-state index is 0.0905. The lowest BCUT2D eigenvalue weighted by Crippen LogP contribution is -2.36. The first-order valence-corrected chi connectivity index (χ1v) is 11.1. The molecule has 1 saturated heterocycles. The average molecular weight is 429 g/mol. The zero-order valence-corrected chi connectivity index (χ0v) is 19.0. The zero-order chi connectivity index (χ0) is 21.7. The van der Waals surface area contributed by atoms with Crippen LogP contribution in [-0.2, 0) is 14.9 Å². The molecule has 5 heteroatoms. The lowest BCUT2D eigenvalue weighted by atomic mass is 9.80. The Hall–Kier alpha value is -1.88. The van der Waals surface area contributed by atoms with Gasteiger partial charge in [0, 0.05) is 18.7 Å². The van der Waals surface area contributed by atoms with Gasteiger partial charge >= 0.3 is 0 Å². The van der Waals surface area contributed by atoms with Crippen LogP contribution in [0, 0.1) is 0 Å². The predicted molar refractivity (Wildman–Crippen MR) is 123 cm³/mol. The normalized spacial score (nSPS) is 17.1. The van der Waals surface area contributed by atoms with E-state index in [1.54, 1.807) is 7.11 Å². The molecule has 1 atom stereocenters. The highest BCUT2D eigenvalue weighted by molar-refractivity contribution is 6.30. The number of hydrogen-bond acceptors (Lipinski definition) is 3. The van der Waals surface area contributed by atoms with Crippen LogP contribution >= 0.6 is 11.6 Å². The summed E-state index contributed by atoms with van der Waals surface area (Å²) in [5, 5.41) is 0.749. The van der Waals surface area contributed by atoms with Crippen molar-refractivity contribution in [3.05, 3.63) is 70.2 Å². The highest BCUT2D eigenvalue weighted by Gasteiger charge is 2.28. The van der Waals surface area contributed by atoms with Gasteiger partial charge < -0.3 is 15.4 Å². The second-order valence-corrected chi connectivity index (χ2v) is 9.23. The number of nitrogens with zero attached hydrogens (tertiary/aromatic N) is 1. The van der Waals surface area contributed by atoms with Crippen molar-refractivity contribution in [1.29, 1.82) is 0 Å². The van der Waals surface area contributed by atoms with Crippen LogP contribution in [0.25, 0.3) is 0 Å². The highest BCUT2D eigenvalue weighted by atomic mass is 35.5. The van der Waals surface area contributed by atoms with E-state index < -0.39 is 5.41 Å². The quantitative estimate of drug-likeness (QED) is 0.639. The Labute approximate surface area is 185 Å². The van der Waals surface area contributed by atoms with Crippen molar-refractivity contribution in [3.8, 4) is 0 Å². The third-order valence-electron chi connectivity index (χ3n) is 6.52. The molecule has 3 rings (SSSR count). The minimum Gasteiger partial charge on any atom is -0.377 e. The Bertz CT molecular complexity index is 842. The molecule has 0 spiro atoms. The summed E-state index contributed by atoms with van der Waals surface area (Å²) in [5.41, 5.74) is 8.45. The maximum atomic E-state index is 11.8. The molecule has 162 valence electrons. The number of likely N-dealkylation sites (tertiary alicyclic amines) is 1. The standard InChI is InChI=1S/C25H33ClN2O2/c1-25(2,24(27)29)21-6-4-5-20(17-21)18-11-14-28(15-12-18)16-13-23(30-3)19-7-9-22(26)10-8-19/h4-10,17-18,23H,11-16H2,1-3H3,(H2,27,29). The first-order valence-electron chi connectivity index (χ1n) is 10.7. The van der Waals surface area contributed by atoms with Gasteiger partial charge in [0.25, 0.3) is 0 Å². The van der Waals surface area contributed by atoms with E-state index in [4.69, 9.17) is 22.1 Å². The third-order valence-corrected chi connectivity index (χ3v) is 6.77. The molecule has 1 heterocycles. The van der Waals surface area contributed by atoms with Crippen LogP contribution in [0.15, 0.2) is 48.5 Å². The maximum Gasteiger partial charge on any atom is 0.227 e. The van der Waals surface area contributed by atoms with Gasteiger partial charge in [0.1, 0.15) is 0 Å². The summed E-state index contributed by atoms with van der Waals surface area (Å²) >= 11 is 6.00. The van der Waals surface area contributed by atoms with Gasteiger partial charge in [-0.2, -0.15) is 0 Å². The number of primary amides is 1. The summed E-state index contributed by atoms with van der Waals surface area (Å²) in [6.45, 7) is 6.95. The molecule has 30 heavy (non-hydrogen) atoms. The monoisotopic (exact) mass is 428 g/mol. The first kappa shape index (κ1) is 22.8. The van der Waals surface area contributed by atoms with E-state index in [1.807, 2.05) is 44.2 Å². The van der Waals surface area contributed by atoms with Gasteiger partial charge in [0.05, 0.1) is 11.5 Å². The van der Waals surface area contributed by atoms with Crippen LogP contribution in [0.5, 0.6) is 0 Å². The number of nitrogens with two attached hydrogens (primary N) is 1. The van der Waals surface area contributed by atoms with Crippen molar-refractivity contribution in [3.63, 3.8) is 0 Å². The van der Waals surface area contributed by atoms with Crippen LogP contribution < -0.4 is 5.73 Å². The summed E-state index contributed by atoms with van der Waals surface area (Å²) in [6.07, 6.45) is 3.30. The number of hydrogen-bond donors (Lipinski definition) is 1. The molecule has 0 bridgehead atoms. The molecule has 2 aromatic carbocycles. The van der Waals surface area contributed by atoms with Gasteiger partial charge in [-0.15, -0.1) is 0 Å². The third kappa shape index (κ3) is 5.42. The fraction of sp³-hybridized carbons (Fsp3) is 0.480. The second kappa shape index (κ2) is 9.95. The molecule has 1 aliphatic rings. The molecule has 0 aliphatic carbocycles. The molecule has 4 nitrogen and oxygen atoms in total. The zero-order valence-electron chi connectivity index (χ0n) is 18.2. The van der Waals surface area contributed by atoms with Crippen molar-refractivity contribution in [1.82, 2.24) is 4.90 Å². The van der Waals surface area contributed by atoms with Gasteiger partial charge in [-0.3, -0.25) is 4.79 Å². The lowest BCUT2D eigenvalue weighted by molar-refractivity contribution is -0.122. The summed E-state index contributed by atoms with van der Waals surface area (Å²) in [4.78, 5) is 14.3. The van der Waals surface area contributed by atoms with E-state index >= 15 is 0 Å². The van der Waals surface area contributed by atoms with Crippen molar-refractivity contribution < 1.29 is 9.53 Å². The molecule has 0 radical (unpaired) electrons. The summed E-state index contributed by atoms with van der Waals surface area (Å²) in [7, 11) is 1.77. The summed E-state index contributed by atoms with van der Waals surface area (Å²) in [6, 6.07) is 16.3. The number of benzene rings is 2. The Morgan fingerprint density at radius 2 is 1.87 bits per heavy atom. The molecule has 1 fully saturated rings. The Morgan fingerprint density at radius 1 is 1.20 bits per heavy atom. The molecule has 1 amide bonds. The molecule has 2 aromatic rings. The lowest BCUT2D eigenvalue weighted by Gasteiger charge is -2.33. The molecule has 1 unspecified atom stereocenters. The summed E-state index contributed by atoms with van der Waals surface area (Å²) < 4.78 is 5.71. The average Bonchev–Trinajstić information content (AvgIpc) is 2.75. The number of rotatable bonds is 8. The Morgan fingerprint density at radius 3 is 2.47 bits per heavy atom. The van der Waals surface area contributed by atoms with Crippen LogP contribution in [0.3, 0.4) is 0 Å². The minimum atomic E-state index is -0.645. The van der Waals surface area contributed by atoms with Crippen LogP contribution in [0.4, 0.5) is 0 Å². The fourth-order valence-electron chi connectivity index (χ4n) is 4.21. The molecular formula is C25H33ClN2O2. The number of halogens is 1. The molecule has 2 N–H and O–H groups in total. The van der Waals surface area contributed by atoms with Gasteiger partial charge in [-0.1, -0.05) is 48.0 Å². The molecular weight excluding hydrogens is 396 g/mol. The highest BCUT2D eigenvalue weighted by Crippen LogP contribution is 2.32. The first-order chi connectivity index (χ1) is 14.3.